The Balaban J connectivity index is 1.58. The first-order chi connectivity index (χ1) is 11.1. The first-order valence-electron chi connectivity index (χ1n) is 7.41. The maximum atomic E-state index is 11.7. The molecular formula is C18H17NO4. The molecule has 3 rings (SSSR count). The second-order valence-corrected chi connectivity index (χ2v) is 5.41. The average Bonchev–Trinajstić information content (AvgIpc) is 2.59. The van der Waals surface area contributed by atoms with Crippen LogP contribution >= 0.6 is 0 Å². The Kier molecular flexibility index (Phi) is 4.28. The van der Waals surface area contributed by atoms with Crippen LogP contribution < -0.4 is 5.32 Å². The van der Waals surface area contributed by atoms with Gasteiger partial charge in [-0.25, -0.2) is 9.59 Å². The molecule has 0 spiro atoms. The molecule has 2 unspecified atom stereocenters. The van der Waals surface area contributed by atoms with Crippen molar-refractivity contribution in [3.63, 3.8) is 0 Å². The highest BCUT2D eigenvalue weighted by Gasteiger charge is 2.40. The lowest BCUT2D eigenvalue weighted by molar-refractivity contribution is -0.174. The van der Waals surface area contributed by atoms with Crippen molar-refractivity contribution < 1.29 is 19.1 Å². The molecular weight excluding hydrogens is 294 g/mol. The summed E-state index contributed by atoms with van der Waals surface area (Å²) in [4.78, 5) is 22.9. The van der Waals surface area contributed by atoms with Gasteiger partial charge in [0.2, 0.25) is 0 Å². The molecule has 1 amide bonds. The highest BCUT2D eigenvalue weighted by molar-refractivity contribution is 5.86. The minimum Gasteiger partial charge on any atom is -0.458 e. The fraction of sp³-hybridized carbons (Fsp3) is 0.222. The number of cyclic esters (lactones) is 1. The van der Waals surface area contributed by atoms with Gasteiger partial charge in [0, 0.05) is 0 Å². The minimum absolute atomic E-state index is 0.142. The summed E-state index contributed by atoms with van der Waals surface area (Å²) in [6, 6.07) is 17.1. The molecule has 5 nitrogen and oxygen atoms in total. The molecule has 0 aliphatic carbocycles. The number of hydrogen-bond acceptors (Lipinski definition) is 4. The number of amides is 1. The van der Waals surface area contributed by atoms with Crippen molar-refractivity contribution >= 4 is 12.1 Å². The summed E-state index contributed by atoms with van der Waals surface area (Å²) < 4.78 is 9.93. The van der Waals surface area contributed by atoms with Crippen molar-refractivity contribution in [2.75, 3.05) is 0 Å². The van der Waals surface area contributed by atoms with Gasteiger partial charge in [0.1, 0.15) is 12.7 Å². The second kappa shape index (κ2) is 6.52. The second-order valence-electron chi connectivity index (χ2n) is 5.41. The van der Waals surface area contributed by atoms with Gasteiger partial charge in [0.05, 0.1) is 0 Å². The van der Waals surface area contributed by atoms with Gasteiger partial charge in [-0.1, -0.05) is 48.5 Å². The molecule has 0 radical (unpaired) electrons. The predicted octanol–water partition coefficient (Wildman–Crippen LogP) is 2.89. The van der Waals surface area contributed by atoms with Crippen LogP contribution in [-0.4, -0.2) is 24.2 Å². The monoisotopic (exact) mass is 311 g/mol. The molecule has 2 aromatic rings. The van der Waals surface area contributed by atoms with Gasteiger partial charge >= 0.3 is 12.1 Å². The van der Waals surface area contributed by atoms with Crippen molar-refractivity contribution in [3.8, 4) is 11.1 Å². The van der Waals surface area contributed by atoms with Gasteiger partial charge in [-0.15, -0.1) is 0 Å². The van der Waals surface area contributed by atoms with Crippen LogP contribution in [0.1, 0.15) is 12.5 Å². The topological polar surface area (TPSA) is 64.6 Å². The van der Waals surface area contributed by atoms with Crippen LogP contribution in [0.3, 0.4) is 0 Å². The molecule has 1 aliphatic heterocycles. The molecule has 0 aromatic heterocycles. The lowest BCUT2D eigenvalue weighted by atomic mass is 10.0. The van der Waals surface area contributed by atoms with E-state index in [9.17, 15) is 9.59 Å². The SMILES string of the molecule is CC1OC(=O)C1NC(=O)OCc1cccc(-c2ccccc2)c1. The molecule has 2 atom stereocenters. The van der Waals surface area contributed by atoms with Gasteiger partial charge in [-0.05, 0) is 29.7 Å². The van der Waals surface area contributed by atoms with Crippen molar-refractivity contribution in [1.29, 1.82) is 0 Å². The first-order valence-corrected chi connectivity index (χ1v) is 7.41. The van der Waals surface area contributed by atoms with Crippen LogP contribution in [0.15, 0.2) is 54.6 Å². The number of nitrogens with one attached hydrogen (secondary N) is 1. The molecule has 0 bridgehead atoms. The van der Waals surface area contributed by atoms with E-state index in [0.29, 0.717) is 0 Å². The van der Waals surface area contributed by atoms with E-state index in [1.807, 2.05) is 54.6 Å². The Hall–Kier alpha value is -2.82. The summed E-state index contributed by atoms with van der Waals surface area (Å²) in [5.41, 5.74) is 3.04. The molecule has 23 heavy (non-hydrogen) atoms. The standard InChI is InChI=1S/C18H17NO4/c1-12-16(17(20)23-12)19-18(21)22-11-13-6-5-9-15(10-13)14-7-3-2-4-8-14/h2-10,12,16H,11H2,1H3,(H,19,21). The van der Waals surface area contributed by atoms with E-state index < -0.39 is 18.1 Å². The van der Waals surface area contributed by atoms with Gasteiger partial charge in [-0.3, -0.25) is 0 Å². The Labute approximate surface area is 134 Å². The zero-order chi connectivity index (χ0) is 16.2. The molecule has 1 aliphatic rings. The third kappa shape index (κ3) is 3.51. The molecule has 5 heteroatoms. The lowest BCUT2D eigenvalue weighted by Crippen LogP contribution is -2.58. The van der Waals surface area contributed by atoms with E-state index in [1.54, 1.807) is 6.92 Å². The summed E-state index contributed by atoms with van der Waals surface area (Å²) in [6.07, 6.45) is -0.930. The molecule has 1 heterocycles. The third-order valence-corrected chi connectivity index (χ3v) is 3.70. The number of hydrogen-bond donors (Lipinski definition) is 1. The first kappa shape index (κ1) is 15.1. The highest BCUT2D eigenvalue weighted by Crippen LogP contribution is 2.20. The quantitative estimate of drug-likeness (QED) is 0.882. The Morgan fingerprint density at radius 2 is 1.87 bits per heavy atom. The number of carbonyl (C=O) groups excluding carboxylic acids is 2. The summed E-state index contributed by atoms with van der Waals surface area (Å²) in [7, 11) is 0. The predicted molar refractivity (Wildman–Crippen MR) is 84.5 cm³/mol. The van der Waals surface area contributed by atoms with Crippen LogP contribution in [0.25, 0.3) is 11.1 Å². The summed E-state index contributed by atoms with van der Waals surface area (Å²) in [6.45, 7) is 1.86. The van der Waals surface area contributed by atoms with Crippen LogP contribution in [-0.2, 0) is 20.9 Å². The van der Waals surface area contributed by atoms with Crippen LogP contribution in [0.4, 0.5) is 4.79 Å². The zero-order valence-electron chi connectivity index (χ0n) is 12.7. The lowest BCUT2D eigenvalue weighted by Gasteiger charge is -2.32. The molecule has 0 saturated carbocycles. The summed E-state index contributed by atoms with van der Waals surface area (Å²) in [5, 5.41) is 2.50. The fourth-order valence-corrected chi connectivity index (χ4v) is 2.41. The van der Waals surface area contributed by atoms with E-state index in [-0.39, 0.29) is 12.7 Å². The van der Waals surface area contributed by atoms with E-state index in [4.69, 9.17) is 9.47 Å². The zero-order valence-corrected chi connectivity index (χ0v) is 12.7. The van der Waals surface area contributed by atoms with Crippen LogP contribution in [0, 0.1) is 0 Å². The molecule has 1 saturated heterocycles. The van der Waals surface area contributed by atoms with Gasteiger partial charge in [0.15, 0.2) is 6.04 Å². The van der Waals surface area contributed by atoms with E-state index in [0.717, 1.165) is 16.7 Å². The average molecular weight is 311 g/mol. The Bertz CT molecular complexity index is 714. The smallest absolute Gasteiger partial charge is 0.408 e. The summed E-state index contributed by atoms with van der Waals surface area (Å²) >= 11 is 0. The van der Waals surface area contributed by atoms with Crippen molar-refractivity contribution in [2.24, 2.45) is 0 Å². The van der Waals surface area contributed by atoms with Gasteiger partial charge in [0.25, 0.3) is 0 Å². The minimum atomic E-state index is -0.622. The van der Waals surface area contributed by atoms with E-state index in [1.165, 1.54) is 0 Å². The molecule has 2 aromatic carbocycles. The normalized spacial score (nSPS) is 19.4. The maximum Gasteiger partial charge on any atom is 0.408 e. The molecule has 1 fully saturated rings. The van der Waals surface area contributed by atoms with Crippen LogP contribution in [0.5, 0.6) is 0 Å². The number of rotatable bonds is 4. The molecule has 118 valence electrons. The van der Waals surface area contributed by atoms with Crippen molar-refractivity contribution in [2.45, 2.75) is 25.7 Å². The number of ether oxygens (including phenoxy) is 2. The maximum absolute atomic E-state index is 11.7. The fourth-order valence-electron chi connectivity index (χ4n) is 2.41. The van der Waals surface area contributed by atoms with Gasteiger partial charge < -0.3 is 14.8 Å². The largest absolute Gasteiger partial charge is 0.458 e. The van der Waals surface area contributed by atoms with Crippen molar-refractivity contribution in [3.05, 3.63) is 60.2 Å². The Morgan fingerprint density at radius 1 is 1.13 bits per heavy atom. The summed E-state index contributed by atoms with van der Waals surface area (Å²) in [5.74, 6) is -0.430. The number of carbonyl (C=O) groups is 2. The number of alkyl carbamates (subject to hydrolysis) is 1. The van der Waals surface area contributed by atoms with Gasteiger partial charge in [-0.2, -0.15) is 0 Å². The number of benzene rings is 2. The van der Waals surface area contributed by atoms with E-state index in [2.05, 4.69) is 5.32 Å². The van der Waals surface area contributed by atoms with E-state index >= 15 is 0 Å². The Morgan fingerprint density at radius 3 is 2.57 bits per heavy atom. The number of esters is 1. The van der Waals surface area contributed by atoms with Crippen LogP contribution in [0.2, 0.25) is 0 Å². The highest BCUT2D eigenvalue weighted by atomic mass is 16.6. The van der Waals surface area contributed by atoms with Crippen molar-refractivity contribution in [1.82, 2.24) is 5.32 Å². The third-order valence-electron chi connectivity index (χ3n) is 3.70. The molecule has 1 N–H and O–H groups in total.